The maximum absolute atomic E-state index is 12.9. The Kier molecular flexibility index (Phi) is 3.21. The minimum absolute atomic E-state index is 0.339. The largest absolute Gasteiger partial charge is 0.325 e. The fourth-order valence-corrected chi connectivity index (χ4v) is 1.09. The number of rotatable bonds is 3. The molecule has 0 unspecified atom stereocenters. The monoisotopic (exact) mass is 195 g/mol. The molecule has 1 rings (SSSR count). The highest BCUT2D eigenvalue weighted by molar-refractivity contribution is 5.34. The Hall–Kier alpha value is -1.40. The van der Waals surface area contributed by atoms with Crippen LogP contribution in [0.3, 0.4) is 0 Å². The maximum Gasteiger partial charge on any atom is 0.264 e. The molecular weight excluding hydrogens is 184 g/mol. The van der Waals surface area contributed by atoms with Gasteiger partial charge in [0.2, 0.25) is 0 Å². The van der Waals surface area contributed by atoms with Gasteiger partial charge < -0.3 is 5.73 Å². The Bertz CT molecular complexity index is 335. The van der Waals surface area contributed by atoms with Crippen LogP contribution in [0.4, 0.5) is 8.78 Å². The van der Waals surface area contributed by atoms with Gasteiger partial charge in [0.05, 0.1) is 6.54 Å². The first-order valence-electron chi connectivity index (χ1n) is 4.21. The minimum atomic E-state index is -2.84. The van der Waals surface area contributed by atoms with Gasteiger partial charge in [-0.1, -0.05) is 18.1 Å². The molecule has 0 radical (unpaired) electrons. The molecular formula is C11H11F2N. The van der Waals surface area contributed by atoms with Crippen LogP contribution in [0.15, 0.2) is 24.3 Å². The third-order valence-electron chi connectivity index (χ3n) is 1.88. The van der Waals surface area contributed by atoms with Crippen LogP contribution in [0.25, 0.3) is 0 Å². The predicted octanol–water partition coefficient (Wildman–Crippen LogP) is 1.80. The van der Waals surface area contributed by atoms with Crippen molar-refractivity contribution in [2.24, 2.45) is 5.73 Å². The third-order valence-corrected chi connectivity index (χ3v) is 1.88. The van der Waals surface area contributed by atoms with E-state index >= 15 is 0 Å². The lowest BCUT2D eigenvalue weighted by molar-refractivity contribution is 0.0115. The molecule has 74 valence electrons. The lowest BCUT2D eigenvalue weighted by Gasteiger charge is -2.13. The molecule has 0 heterocycles. The summed E-state index contributed by atoms with van der Waals surface area (Å²) >= 11 is 0. The molecule has 1 aromatic carbocycles. The highest BCUT2D eigenvalue weighted by Crippen LogP contribution is 2.18. The number of nitrogens with two attached hydrogens (primary N) is 1. The van der Waals surface area contributed by atoms with Crippen molar-refractivity contribution in [2.75, 3.05) is 6.54 Å². The number of halogens is 2. The number of hydrogen-bond acceptors (Lipinski definition) is 1. The van der Waals surface area contributed by atoms with Crippen molar-refractivity contribution >= 4 is 0 Å². The van der Waals surface area contributed by atoms with Gasteiger partial charge in [0.25, 0.3) is 5.92 Å². The highest BCUT2D eigenvalue weighted by Gasteiger charge is 2.26. The van der Waals surface area contributed by atoms with Crippen molar-refractivity contribution in [1.29, 1.82) is 0 Å². The zero-order valence-corrected chi connectivity index (χ0v) is 7.63. The molecule has 0 spiro atoms. The third kappa shape index (κ3) is 2.82. The van der Waals surface area contributed by atoms with Crippen molar-refractivity contribution < 1.29 is 8.78 Å². The summed E-state index contributed by atoms with van der Waals surface area (Å²) in [5, 5.41) is 0. The Labute approximate surface area is 81.9 Å². The number of terminal acetylenes is 1. The Morgan fingerprint density at radius 1 is 1.29 bits per heavy atom. The SMILES string of the molecule is C#Cc1ccc(CC(F)(F)CN)cc1. The van der Waals surface area contributed by atoms with E-state index in [-0.39, 0.29) is 6.42 Å². The Morgan fingerprint density at radius 2 is 1.86 bits per heavy atom. The second-order valence-electron chi connectivity index (χ2n) is 3.08. The molecule has 0 aromatic heterocycles. The second kappa shape index (κ2) is 4.21. The van der Waals surface area contributed by atoms with E-state index in [0.717, 1.165) is 0 Å². The van der Waals surface area contributed by atoms with E-state index in [4.69, 9.17) is 12.2 Å². The molecule has 0 bridgehead atoms. The molecule has 1 nitrogen and oxygen atoms in total. The number of alkyl halides is 2. The van der Waals surface area contributed by atoms with Crippen LogP contribution in [0.5, 0.6) is 0 Å². The van der Waals surface area contributed by atoms with Crippen LogP contribution in [0.2, 0.25) is 0 Å². The van der Waals surface area contributed by atoms with E-state index in [2.05, 4.69) is 5.92 Å². The summed E-state index contributed by atoms with van der Waals surface area (Å²) < 4.78 is 25.7. The summed E-state index contributed by atoms with van der Waals surface area (Å²) in [5.41, 5.74) is 6.15. The fraction of sp³-hybridized carbons (Fsp3) is 0.273. The molecule has 0 amide bonds. The van der Waals surface area contributed by atoms with Gasteiger partial charge in [-0.05, 0) is 17.7 Å². The summed E-state index contributed by atoms with van der Waals surface area (Å²) in [4.78, 5) is 0. The summed E-state index contributed by atoms with van der Waals surface area (Å²) in [5.74, 6) is -0.417. The van der Waals surface area contributed by atoms with Crippen LogP contribution in [-0.4, -0.2) is 12.5 Å². The van der Waals surface area contributed by atoms with Gasteiger partial charge >= 0.3 is 0 Å². The highest BCUT2D eigenvalue weighted by atomic mass is 19.3. The number of benzene rings is 1. The molecule has 0 aliphatic heterocycles. The quantitative estimate of drug-likeness (QED) is 0.731. The second-order valence-corrected chi connectivity index (χ2v) is 3.08. The van der Waals surface area contributed by atoms with Crippen LogP contribution in [0.1, 0.15) is 11.1 Å². The average Bonchev–Trinajstić information content (AvgIpc) is 2.19. The topological polar surface area (TPSA) is 26.0 Å². The standard InChI is InChI=1S/C11H11F2N/c1-2-9-3-5-10(6-4-9)7-11(12,13)8-14/h1,3-6H,7-8,14H2. The molecule has 2 N–H and O–H groups in total. The average molecular weight is 195 g/mol. The zero-order chi connectivity index (χ0) is 10.6. The minimum Gasteiger partial charge on any atom is -0.325 e. The molecule has 0 aliphatic rings. The van der Waals surface area contributed by atoms with Crippen molar-refractivity contribution in [3.05, 3.63) is 35.4 Å². The predicted molar refractivity (Wildman–Crippen MR) is 52.1 cm³/mol. The van der Waals surface area contributed by atoms with E-state index in [0.29, 0.717) is 11.1 Å². The van der Waals surface area contributed by atoms with E-state index in [1.807, 2.05) is 0 Å². The Balaban J connectivity index is 2.75. The summed E-state index contributed by atoms with van der Waals surface area (Å²) in [6, 6.07) is 6.47. The first-order chi connectivity index (χ1) is 6.57. The molecule has 0 atom stereocenters. The van der Waals surface area contributed by atoms with Gasteiger partial charge in [-0.3, -0.25) is 0 Å². The first-order valence-corrected chi connectivity index (χ1v) is 4.21. The van der Waals surface area contributed by atoms with Crippen LogP contribution in [-0.2, 0) is 6.42 Å². The van der Waals surface area contributed by atoms with Gasteiger partial charge in [0, 0.05) is 12.0 Å². The summed E-state index contributed by atoms with van der Waals surface area (Å²) in [6.07, 6.45) is 4.80. The normalized spacial score (nSPS) is 11.0. The molecule has 3 heteroatoms. The van der Waals surface area contributed by atoms with E-state index in [1.54, 1.807) is 24.3 Å². The summed E-state index contributed by atoms with van der Waals surface area (Å²) in [7, 11) is 0. The molecule has 0 aliphatic carbocycles. The van der Waals surface area contributed by atoms with Crippen LogP contribution >= 0.6 is 0 Å². The van der Waals surface area contributed by atoms with Crippen LogP contribution in [0, 0.1) is 12.3 Å². The molecule has 14 heavy (non-hydrogen) atoms. The van der Waals surface area contributed by atoms with Crippen molar-refractivity contribution in [3.8, 4) is 12.3 Å². The number of hydrogen-bond donors (Lipinski definition) is 1. The maximum atomic E-state index is 12.9. The van der Waals surface area contributed by atoms with Gasteiger partial charge in [-0.25, -0.2) is 8.78 Å². The molecule has 0 fully saturated rings. The summed E-state index contributed by atoms with van der Waals surface area (Å²) in [6.45, 7) is -0.635. The van der Waals surface area contributed by atoms with Crippen molar-refractivity contribution in [3.63, 3.8) is 0 Å². The van der Waals surface area contributed by atoms with Crippen molar-refractivity contribution in [2.45, 2.75) is 12.3 Å². The fourth-order valence-electron chi connectivity index (χ4n) is 1.09. The van der Waals surface area contributed by atoms with E-state index < -0.39 is 12.5 Å². The van der Waals surface area contributed by atoms with Gasteiger partial charge in [-0.15, -0.1) is 6.42 Å². The van der Waals surface area contributed by atoms with E-state index in [9.17, 15) is 8.78 Å². The molecule has 0 saturated heterocycles. The molecule has 0 saturated carbocycles. The van der Waals surface area contributed by atoms with Gasteiger partial charge in [0.15, 0.2) is 0 Å². The lowest BCUT2D eigenvalue weighted by atomic mass is 10.1. The van der Waals surface area contributed by atoms with Gasteiger partial charge in [0.1, 0.15) is 0 Å². The lowest BCUT2D eigenvalue weighted by Crippen LogP contribution is -2.30. The van der Waals surface area contributed by atoms with E-state index in [1.165, 1.54) is 0 Å². The van der Waals surface area contributed by atoms with Crippen molar-refractivity contribution in [1.82, 2.24) is 0 Å². The smallest absolute Gasteiger partial charge is 0.264 e. The van der Waals surface area contributed by atoms with Gasteiger partial charge in [-0.2, -0.15) is 0 Å². The zero-order valence-electron chi connectivity index (χ0n) is 7.63. The van der Waals surface area contributed by atoms with Crippen LogP contribution < -0.4 is 5.73 Å². The Morgan fingerprint density at radius 3 is 2.29 bits per heavy atom. The molecule has 1 aromatic rings. The first kappa shape index (κ1) is 10.7.